The molecule has 0 spiro atoms. The van der Waals surface area contributed by atoms with Crippen LogP contribution in [0.15, 0.2) is 0 Å². The van der Waals surface area contributed by atoms with Gasteiger partial charge in [0, 0.05) is 5.54 Å². The Morgan fingerprint density at radius 2 is 1.36 bits per heavy atom. The lowest BCUT2D eigenvalue weighted by Gasteiger charge is -2.50. The second kappa shape index (κ2) is 3.25. The van der Waals surface area contributed by atoms with E-state index < -0.39 is 0 Å². The van der Waals surface area contributed by atoms with Gasteiger partial charge in [-0.05, 0) is 37.0 Å². The summed E-state index contributed by atoms with van der Waals surface area (Å²) < 4.78 is 0. The first kappa shape index (κ1) is 11.5. The highest BCUT2D eigenvalue weighted by molar-refractivity contribution is 5.48. The van der Waals surface area contributed by atoms with Crippen molar-refractivity contribution in [1.82, 2.24) is 5.32 Å². The summed E-state index contributed by atoms with van der Waals surface area (Å²) in [5, 5.41) is 2.99. The number of hydrogen-bond donors (Lipinski definition) is 1. The van der Waals surface area contributed by atoms with Crippen LogP contribution in [0.2, 0.25) is 0 Å². The summed E-state index contributed by atoms with van der Waals surface area (Å²) >= 11 is 0. The van der Waals surface area contributed by atoms with Crippen molar-refractivity contribution in [1.29, 1.82) is 0 Å². The van der Waals surface area contributed by atoms with E-state index in [-0.39, 0.29) is 5.54 Å². The van der Waals surface area contributed by atoms with Crippen molar-refractivity contribution in [2.24, 2.45) is 10.8 Å². The Morgan fingerprint density at radius 3 is 1.71 bits per heavy atom. The van der Waals surface area contributed by atoms with Gasteiger partial charge in [-0.1, -0.05) is 27.7 Å². The molecule has 0 aromatic heterocycles. The highest BCUT2D eigenvalue weighted by atomic mass is 16.1. The minimum atomic E-state index is -0.0208. The lowest BCUT2D eigenvalue weighted by Crippen LogP contribution is -2.52. The molecule has 1 saturated carbocycles. The number of hydrogen-bond acceptors (Lipinski definition) is 1. The molecule has 1 amide bonds. The average molecular weight is 197 g/mol. The Balaban J connectivity index is 2.85. The topological polar surface area (TPSA) is 29.1 Å². The second-order valence-corrected chi connectivity index (χ2v) is 6.68. The van der Waals surface area contributed by atoms with E-state index in [4.69, 9.17) is 0 Å². The first-order valence-electron chi connectivity index (χ1n) is 5.40. The van der Waals surface area contributed by atoms with Crippen molar-refractivity contribution in [2.75, 3.05) is 0 Å². The third kappa shape index (κ3) is 2.73. The molecule has 1 rings (SSSR count). The molecular formula is C12H23NO. The minimum Gasteiger partial charge on any atom is -0.353 e. The van der Waals surface area contributed by atoms with Crippen molar-refractivity contribution in [2.45, 2.75) is 59.4 Å². The normalized spacial score (nSPS) is 28.1. The minimum absolute atomic E-state index is 0.0208. The molecule has 0 aliphatic heterocycles. The summed E-state index contributed by atoms with van der Waals surface area (Å²) in [6, 6.07) is 0. The van der Waals surface area contributed by atoms with Crippen LogP contribution in [0, 0.1) is 10.8 Å². The van der Waals surface area contributed by atoms with E-state index in [0.29, 0.717) is 10.8 Å². The summed E-state index contributed by atoms with van der Waals surface area (Å²) in [5.41, 5.74) is 0.631. The maximum absolute atomic E-state index is 10.6. The quantitative estimate of drug-likeness (QED) is 0.678. The van der Waals surface area contributed by atoms with E-state index >= 15 is 0 Å². The van der Waals surface area contributed by atoms with Gasteiger partial charge in [0.15, 0.2) is 0 Å². The van der Waals surface area contributed by atoms with Crippen molar-refractivity contribution in [3.05, 3.63) is 0 Å². The van der Waals surface area contributed by atoms with Gasteiger partial charge in [-0.25, -0.2) is 0 Å². The van der Waals surface area contributed by atoms with Gasteiger partial charge in [0.05, 0.1) is 0 Å². The molecule has 0 bridgehead atoms. The zero-order chi connectivity index (χ0) is 11.0. The Kier molecular flexibility index (Phi) is 2.68. The fourth-order valence-corrected chi connectivity index (χ4v) is 3.84. The van der Waals surface area contributed by atoms with Gasteiger partial charge in [-0.2, -0.15) is 0 Å². The third-order valence-electron chi connectivity index (χ3n) is 3.10. The first-order valence-corrected chi connectivity index (χ1v) is 5.40. The molecule has 0 saturated heterocycles. The molecule has 0 unspecified atom stereocenters. The van der Waals surface area contributed by atoms with Gasteiger partial charge < -0.3 is 5.32 Å². The highest BCUT2D eigenvalue weighted by Crippen LogP contribution is 2.49. The first-order chi connectivity index (χ1) is 6.18. The van der Waals surface area contributed by atoms with Crippen LogP contribution in [0.5, 0.6) is 0 Å². The van der Waals surface area contributed by atoms with Crippen molar-refractivity contribution < 1.29 is 4.79 Å². The zero-order valence-electron chi connectivity index (χ0n) is 10.1. The van der Waals surface area contributed by atoms with Crippen LogP contribution in [0.1, 0.15) is 53.9 Å². The van der Waals surface area contributed by atoms with Gasteiger partial charge in [-0.3, -0.25) is 4.79 Å². The summed E-state index contributed by atoms with van der Waals surface area (Å²) in [6.07, 6.45) is 4.22. The number of carbonyl (C=O) groups is 1. The number of amides is 1. The Labute approximate surface area is 87.5 Å². The van der Waals surface area contributed by atoms with E-state index in [1.54, 1.807) is 0 Å². The molecule has 0 aromatic rings. The number of rotatable bonds is 2. The smallest absolute Gasteiger partial charge is 0.207 e. The molecule has 1 aliphatic carbocycles. The highest BCUT2D eigenvalue weighted by Gasteiger charge is 2.44. The van der Waals surface area contributed by atoms with Crippen LogP contribution in [-0.4, -0.2) is 11.9 Å². The van der Waals surface area contributed by atoms with Crippen LogP contribution in [0.3, 0.4) is 0 Å². The molecule has 2 heteroatoms. The van der Waals surface area contributed by atoms with E-state index in [1.165, 1.54) is 6.42 Å². The lowest BCUT2D eigenvalue weighted by molar-refractivity contribution is -0.112. The summed E-state index contributed by atoms with van der Waals surface area (Å²) in [4.78, 5) is 10.6. The van der Waals surface area contributed by atoms with Gasteiger partial charge in [0.25, 0.3) is 0 Å². The molecule has 0 radical (unpaired) electrons. The molecule has 0 aromatic carbocycles. The molecule has 82 valence electrons. The van der Waals surface area contributed by atoms with E-state index in [2.05, 4.69) is 39.9 Å². The molecule has 1 fully saturated rings. The van der Waals surface area contributed by atoms with Gasteiger partial charge in [0.2, 0.25) is 6.41 Å². The van der Waals surface area contributed by atoms with E-state index in [1.807, 2.05) is 0 Å². The molecule has 0 heterocycles. The van der Waals surface area contributed by atoms with Crippen LogP contribution in [-0.2, 0) is 4.79 Å². The number of carbonyl (C=O) groups excluding carboxylic acids is 1. The third-order valence-corrected chi connectivity index (χ3v) is 3.10. The lowest BCUT2D eigenvalue weighted by atomic mass is 9.59. The van der Waals surface area contributed by atoms with Crippen molar-refractivity contribution in [3.63, 3.8) is 0 Å². The van der Waals surface area contributed by atoms with Crippen molar-refractivity contribution >= 4 is 6.41 Å². The Morgan fingerprint density at radius 1 is 0.929 bits per heavy atom. The van der Waals surface area contributed by atoms with Crippen molar-refractivity contribution in [3.8, 4) is 0 Å². The van der Waals surface area contributed by atoms with E-state index in [9.17, 15) is 4.79 Å². The number of nitrogens with one attached hydrogen (secondary N) is 1. The fourth-order valence-electron chi connectivity index (χ4n) is 3.84. The van der Waals surface area contributed by atoms with Gasteiger partial charge in [-0.15, -0.1) is 0 Å². The maximum Gasteiger partial charge on any atom is 0.207 e. The largest absolute Gasteiger partial charge is 0.353 e. The molecule has 14 heavy (non-hydrogen) atoms. The van der Waals surface area contributed by atoms with E-state index in [0.717, 1.165) is 19.3 Å². The average Bonchev–Trinajstić information content (AvgIpc) is 1.75. The SMILES string of the molecule is CC1(C)CC(C)(C)CC(C)(NC=O)C1. The summed E-state index contributed by atoms with van der Waals surface area (Å²) in [6.45, 7) is 11.3. The van der Waals surface area contributed by atoms with Crippen LogP contribution in [0.4, 0.5) is 0 Å². The Bertz CT molecular complexity index is 214. The molecular weight excluding hydrogens is 174 g/mol. The predicted molar refractivity (Wildman–Crippen MR) is 59.0 cm³/mol. The standard InChI is InChI=1S/C12H23NO/c1-10(2)6-11(3,4)8-12(5,7-10)13-9-14/h9H,6-8H2,1-5H3,(H,13,14). The fraction of sp³-hybridized carbons (Fsp3) is 0.917. The molecule has 2 nitrogen and oxygen atoms in total. The maximum atomic E-state index is 10.6. The predicted octanol–water partition coefficient (Wildman–Crippen LogP) is 2.73. The van der Waals surface area contributed by atoms with Gasteiger partial charge >= 0.3 is 0 Å². The summed E-state index contributed by atoms with van der Waals surface area (Å²) in [5.74, 6) is 0. The van der Waals surface area contributed by atoms with Crippen LogP contribution >= 0.6 is 0 Å². The molecule has 1 aliphatic rings. The van der Waals surface area contributed by atoms with Crippen LogP contribution in [0.25, 0.3) is 0 Å². The summed E-state index contributed by atoms with van der Waals surface area (Å²) in [7, 11) is 0. The van der Waals surface area contributed by atoms with Gasteiger partial charge in [0.1, 0.15) is 0 Å². The Hall–Kier alpha value is -0.530. The zero-order valence-corrected chi connectivity index (χ0v) is 10.1. The molecule has 1 N–H and O–H groups in total. The monoisotopic (exact) mass is 197 g/mol. The molecule has 0 atom stereocenters. The second-order valence-electron chi connectivity index (χ2n) is 6.68. The van der Waals surface area contributed by atoms with Crippen LogP contribution < -0.4 is 5.32 Å².